The van der Waals surface area contributed by atoms with Gasteiger partial charge >= 0.3 is 0 Å². The first-order chi connectivity index (χ1) is 13.2. The molecule has 3 aromatic rings. The van der Waals surface area contributed by atoms with E-state index < -0.39 is 0 Å². The SMILES string of the molecule is CSc1nc(CNCCCCc2c[nH]c3ccc(C#N)cc23)ccc1C#N. The number of H-pyrrole nitrogens is 1. The molecule has 0 saturated carbocycles. The number of nitrogens with zero attached hydrogens (tertiary/aromatic N) is 3. The summed E-state index contributed by atoms with van der Waals surface area (Å²) in [7, 11) is 0. The molecule has 0 aliphatic rings. The molecule has 6 heteroatoms. The number of nitriles is 2. The van der Waals surface area contributed by atoms with Crippen molar-refractivity contribution in [2.75, 3.05) is 12.8 Å². The normalized spacial score (nSPS) is 10.6. The lowest BCUT2D eigenvalue weighted by molar-refractivity contribution is 0.615. The van der Waals surface area contributed by atoms with Crippen LogP contribution in [0.25, 0.3) is 10.9 Å². The van der Waals surface area contributed by atoms with E-state index in [1.165, 1.54) is 17.3 Å². The van der Waals surface area contributed by atoms with Gasteiger partial charge in [-0.25, -0.2) is 4.98 Å². The second-order valence-corrected chi connectivity index (χ2v) is 7.09. The lowest BCUT2D eigenvalue weighted by atomic mass is 10.1. The molecule has 0 radical (unpaired) electrons. The molecule has 2 heterocycles. The number of benzene rings is 1. The molecule has 0 unspecified atom stereocenters. The molecule has 0 aliphatic heterocycles. The summed E-state index contributed by atoms with van der Waals surface area (Å²) in [4.78, 5) is 7.79. The average molecular weight is 376 g/mol. The third-order valence-electron chi connectivity index (χ3n) is 4.48. The Hall–Kier alpha value is -2.80. The van der Waals surface area contributed by atoms with E-state index >= 15 is 0 Å². The van der Waals surface area contributed by atoms with Crippen molar-refractivity contribution in [2.24, 2.45) is 0 Å². The zero-order valence-electron chi connectivity index (χ0n) is 15.2. The molecule has 0 bridgehead atoms. The first-order valence-electron chi connectivity index (χ1n) is 8.90. The van der Waals surface area contributed by atoms with E-state index in [0.29, 0.717) is 17.7 Å². The van der Waals surface area contributed by atoms with Gasteiger partial charge < -0.3 is 10.3 Å². The maximum Gasteiger partial charge on any atom is 0.114 e. The maximum atomic E-state index is 9.06. The third kappa shape index (κ3) is 4.68. The number of rotatable bonds is 8. The summed E-state index contributed by atoms with van der Waals surface area (Å²) in [6, 6.07) is 13.9. The van der Waals surface area contributed by atoms with Crippen LogP contribution in [-0.4, -0.2) is 22.8 Å². The number of hydrogen-bond donors (Lipinski definition) is 2. The smallest absolute Gasteiger partial charge is 0.114 e. The first-order valence-corrected chi connectivity index (χ1v) is 10.1. The summed E-state index contributed by atoms with van der Waals surface area (Å²) in [6.07, 6.45) is 7.11. The van der Waals surface area contributed by atoms with Gasteiger partial charge in [0.2, 0.25) is 0 Å². The molecule has 2 aromatic heterocycles. The first kappa shape index (κ1) is 19.0. The fourth-order valence-corrected chi connectivity index (χ4v) is 3.60. The molecule has 0 aliphatic carbocycles. The van der Waals surface area contributed by atoms with E-state index in [9.17, 15) is 0 Å². The maximum absolute atomic E-state index is 9.06. The highest BCUT2D eigenvalue weighted by Crippen LogP contribution is 2.21. The van der Waals surface area contributed by atoms with Gasteiger partial charge in [0.25, 0.3) is 0 Å². The molecule has 0 atom stereocenters. The monoisotopic (exact) mass is 375 g/mol. The largest absolute Gasteiger partial charge is 0.361 e. The molecule has 0 spiro atoms. The Morgan fingerprint density at radius 3 is 2.81 bits per heavy atom. The van der Waals surface area contributed by atoms with Crippen LogP contribution in [0.2, 0.25) is 0 Å². The lowest BCUT2D eigenvalue weighted by Gasteiger charge is -2.06. The van der Waals surface area contributed by atoms with Crippen molar-refractivity contribution in [1.29, 1.82) is 10.5 Å². The topological polar surface area (TPSA) is 88.3 Å². The Morgan fingerprint density at radius 2 is 2.04 bits per heavy atom. The van der Waals surface area contributed by atoms with E-state index in [2.05, 4.69) is 27.4 Å². The minimum absolute atomic E-state index is 0.629. The number of fused-ring (bicyclic) bond motifs is 1. The number of hydrogen-bond acceptors (Lipinski definition) is 5. The predicted molar refractivity (Wildman–Crippen MR) is 108 cm³/mol. The van der Waals surface area contributed by atoms with Gasteiger partial charge in [-0.2, -0.15) is 10.5 Å². The summed E-state index contributed by atoms with van der Waals surface area (Å²) in [6.45, 7) is 1.62. The quantitative estimate of drug-likeness (QED) is 0.456. The highest BCUT2D eigenvalue weighted by molar-refractivity contribution is 7.98. The molecule has 27 heavy (non-hydrogen) atoms. The van der Waals surface area contributed by atoms with Crippen molar-refractivity contribution in [1.82, 2.24) is 15.3 Å². The Kier molecular flexibility index (Phi) is 6.49. The molecule has 0 saturated heterocycles. The van der Waals surface area contributed by atoms with Crippen molar-refractivity contribution in [3.05, 3.63) is 58.9 Å². The fraction of sp³-hybridized carbons (Fsp3) is 0.286. The Labute approximate surface area is 163 Å². The molecule has 2 N–H and O–H groups in total. The van der Waals surface area contributed by atoms with Crippen molar-refractivity contribution in [2.45, 2.75) is 30.8 Å². The van der Waals surface area contributed by atoms with Crippen LogP contribution in [0.15, 0.2) is 41.6 Å². The molecule has 136 valence electrons. The standard InChI is InChI=1S/C21H21N5S/c1-27-21-16(12-23)6-7-18(26-21)14-24-9-3-2-4-17-13-25-20-8-5-15(11-22)10-19(17)20/h5-8,10,13,24-25H,2-4,9,14H2,1H3. The van der Waals surface area contributed by atoms with Crippen LogP contribution >= 0.6 is 11.8 Å². The molecule has 0 fully saturated rings. The van der Waals surface area contributed by atoms with E-state index in [1.807, 2.05) is 42.8 Å². The zero-order chi connectivity index (χ0) is 19.1. The van der Waals surface area contributed by atoms with Crippen LogP contribution in [0.3, 0.4) is 0 Å². The zero-order valence-corrected chi connectivity index (χ0v) is 16.1. The van der Waals surface area contributed by atoms with E-state index in [0.717, 1.165) is 47.4 Å². The second kappa shape index (κ2) is 9.23. The van der Waals surface area contributed by atoms with Crippen LogP contribution in [0.5, 0.6) is 0 Å². The van der Waals surface area contributed by atoms with Crippen molar-refractivity contribution in [3.8, 4) is 12.1 Å². The van der Waals surface area contributed by atoms with Gasteiger partial charge in [-0.05, 0) is 68.0 Å². The van der Waals surface area contributed by atoms with Crippen LogP contribution in [0.1, 0.15) is 35.2 Å². The van der Waals surface area contributed by atoms with E-state index in [-0.39, 0.29) is 0 Å². The van der Waals surface area contributed by atoms with Crippen molar-refractivity contribution in [3.63, 3.8) is 0 Å². The van der Waals surface area contributed by atoms with Crippen molar-refractivity contribution < 1.29 is 0 Å². The number of aromatic amines is 1. The van der Waals surface area contributed by atoms with Crippen LogP contribution in [0, 0.1) is 22.7 Å². The Morgan fingerprint density at radius 1 is 1.15 bits per heavy atom. The van der Waals surface area contributed by atoms with E-state index in [4.69, 9.17) is 10.5 Å². The minimum atomic E-state index is 0.629. The fourth-order valence-electron chi connectivity index (χ4n) is 3.05. The van der Waals surface area contributed by atoms with Crippen molar-refractivity contribution >= 4 is 22.7 Å². The summed E-state index contributed by atoms with van der Waals surface area (Å²) in [5, 5.41) is 23.5. The number of thioether (sulfide) groups is 1. The van der Waals surface area contributed by atoms with Crippen LogP contribution in [-0.2, 0) is 13.0 Å². The lowest BCUT2D eigenvalue weighted by Crippen LogP contribution is -2.16. The number of pyridine rings is 1. The van der Waals surface area contributed by atoms with Gasteiger partial charge in [0, 0.05) is 23.6 Å². The highest BCUT2D eigenvalue weighted by atomic mass is 32.2. The van der Waals surface area contributed by atoms with Gasteiger partial charge in [0.05, 0.1) is 22.9 Å². The summed E-state index contributed by atoms with van der Waals surface area (Å²) >= 11 is 1.50. The molecule has 3 rings (SSSR count). The summed E-state index contributed by atoms with van der Waals surface area (Å²) in [5.74, 6) is 0. The summed E-state index contributed by atoms with van der Waals surface area (Å²) < 4.78 is 0. The van der Waals surface area contributed by atoms with Crippen LogP contribution in [0.4, 0.5) is 0 Å². The van der Waals surface area contributed by atoms with Gasteiger partial charge in [-0.15, -0.1) is 11.8 Å². The Balaban J connectivity index is 1.45. The minimum Gasteiger partial charge on any atom is -0.361 e. The van der Waals surface area contributed by atoms with Gasteiger partial charge in [-0.1, -0.05) is 0 Å². The number of aromatic nitrogens is 2. The second-order valence-electron chi connectivity index (χ2n) is 6.29. The molecule has 1 aromatic carbocycles. The Bertz CT molecular complexity index is 1010. The van der Waals surface area contributed by atoms with Gasteiger partial charge in [0.15, 0.2) is 0 Å². The summed E-state index contributed by atoms with van der Waals surface area (Å²) in [5.41, 5.74) is 4.63. The molecular formula is C21H21N5S. The highest BCUT2D eigenvalue weighted by Gasteiger charge is 2.06. The number of unbranched alkanes of at least 4 members (excludes halogenated alkanes) is 1. The van der Waals surface area contributed by atoms with Gasteiger partial charge in [-0.3, -0.25) is 0 Å². The van der Waals surface area contributed by atoms with E-state index in [1.54, 1.807) is 0 Å². The average Bonchev–Trinajstić information content (AvgIpc) is 3.12. The molecule has 0 amide bonds. The predicted octanol–water partition coefficient (Wildman–Crippen LogP) is 4.14. The molecular weight excluding hydrogens is 354 g/mol. The molecule has 5 nitrogen and oxygen atoms in total. The number of nitrogens with one attached hydrogen (secondary N) is 2. The number of aryl methyl sites for hydroxylation is 1. The third-order valence-corrected chi connectivity index (χ3v) is 5.18. The van der Waals surface area contributed by atoms with Gasteiger partial charge in [0.1, 0.15) is 11.1 Å². The van der Waals surface area contributed by atoms with Crippen LogP contribution < -0.4 is 5.32 Å².